The first kappa shape index (κ1) is 32.7. The van der Waals surface area contributed by atoms with Crippen molar-refractivity contribution in [2.45, 2.75) is 99.7 Å². The first-order chi connectivity index (χ1) is 16.5. The van der Waals surface area contributed by atoms with Gasteiger partial charge in [-0.1, -0.05) is 102 Å². The highest BCUT2D eigenvalue weighted by Crippen LogP contribution is 2.55. The highest BCUT2D eigenvalue weighted by atomic mass is 31.1. The van der Waals surface area contributed by atoms with Gasteiger partial charge >= 0.3 is 0 Å². The van der Waals surface area contributed by atoms with Crippen LogP contribution in [0.2, 0.25) is 0 Å². The van der Waals surface area contributed by atoms with Gasteiger partial charge in [-0.3, -0.25) is 0 Å². The average molecular weight is 533 g/mol. The molecule has 0 fully saturated rings. The lowest BCUT2D eigenvalue weighted by Crippen LogP contribution is -3.00. The van der Waals surface area contributed by atoms with Gasteiger partial charge in [0.2, 0.25) is 0 Å². The molecule has 200 valence electrons. The molecule has 0 atom stereocenters. The first-order valence-corrected chi connectivity index (χ1v) is 16.0. The number of allylic oxidation sites excluding steroid dienone is 16. The zero-order valence-corrected chi connectivity index (χ0v) is 25.1. The van der Waals surface area contributed by atoms with Crippen LogP contribution >= 0.6 is 17.2 Å². The monoisotopic (exact) mass is 532 g/mol. The molecule has 0 saturated heterocycles. The molecule has 0 saturated carbocycles. The Morgan fingerprint density at radius 2 is 0.528 bits per heavy atom. The summed E-state index contributed by atoms with van der Waals surface area (Å²) in [6.07, 6.45) is 47.8. The molecule has 0 aromatic heterocycles. The average Bonchev–Trinajstić information content (AvgIpc) is 3.61. The van der Waals surface area contributed by atoms with E-state index in [0.29, 0.717) is 37.8 Å². The van der Waals surface area contributed by atoms with E-state index in [2.05, 4.69) is 125 Å². The summed E-state index contributed by atoms with van der Waals surface area (Å²) >= 11 is 0. The SMILES string of the molecule is CCCC1([PH2+]C2(CCC)C=CC=C2)C=CC=C1.CCCC1([PH2+]C2(CCC)C=CC=C2)C=CC=C1.[F-].[F-]. The molecule has 4 aliphatic rings. The summed E-state index contributed by atoms with van der Waals surface area (Å²) in [4.78, 5) is 0. The third-order valence-electron chi connectivity index (χ3n) is 7.50. The minimum Gasteiger partial charge on any atom is -1.00 e. The number of hydrogen-bond donors (Lipinski definition) is 0. The Balaban J connectivity index is 0.000000341. The molecule has 4 rings (SSSR count). The van der Waals surface area contributed by atoms with Crippen molar-refractivity contribution >= 4 is 17.2 Å². The van der Waals surface area contributed by atoms with Crippen LogP contribution in [0.3, 0.4) is 0 Å². The van der Waals surface area contributed by atoms with Gasteiger partial charge in [-0.05, 0) is 74.3 Å². The van der Waals surface area contributed by atoms with E-state index < -0.39 is 0 Å². The van der Waals surface area contributed by atoms with Gasteiger partial charge in [0.15, 0.2) is 0 Å². The van der Waals surface area contributed by atoms with E-state index in [1.165, 1.54) is 51.4 Å². The smallest absolute Gasteiger partial charge is 0.113 e. The van der Waals surface area contributed by atoms with E-state index in [1.54, 1.807) is 0 Å². The maximum absolute atomic E-state index is 2.45. The van der Waals surface area contributed by atoms with Crippen molar-refractivity contribution in [3.63, 3.8) is 0 Å². The van der Waals surface area contributed by atoms with Crippen LogP contribution in [0, 0.1) is 0 Å². The van der Waals surface area contributed by atoms with Crippen LogP contribution in [0.15, 0.2) is 97.2 Å². The molecule has 0 radical (unpaired) electrons. The molecule has 0 aromatic carbocycles. The molecule has 0 aliphatic heterocycles. The fourth-order valence-corrected chi connectivity index (χ4v) is 11.6. The summed E-state index contributed by atoms with van der Waals surface area (Å²) in [6.45, 7) is 9.20. The summed E-state index contributed by atoms with van der Waals surface area (Å²) in [5.41, 5.74) is 0. The van der Waals surface area contributed by atoms with E-state index in [0.717, 1.165) is 0 Å². The number of hydrogen-bond acceptors (Lipinski definition) is 0. The van der Waals surface area contributed by atoms with Crippen molar-refractivity contribution in [2.24, 2.45) is 0 Å². The Morgan fingerprint density at radius 3 is 0.667 bits per heavy atom. The summed E-state index contributed by atoms with van der Waals surface area (Å²) in [5.74, 6) is 0. The van der Waals surface area contributed by atoms with Crippen molar-refractivity contribution in [1.82, 2.24) is 0 Å². The highest BCUT2D eigenvalue weighted by Gasteiger charge is 2.43. The second-order valence-electron chi connectivity index (χ2n) is 10.6. The quantitative estimate of drug-likeness (QED) is 0.338. The van der Waals surface area contributed by atoms with Gasteiger partial charge in [0.1, 0.15) is 20.6 Å². The zero-order chi connectivity index (χ0) is 24.4. The Kier molecular flexibility index (Phi) is 13.7. The first-order valence-electron chi connectivity index (χ1n) is 13.7. The van der Waals surface area contributed by atoms with E-state index in [1.807, 2.05) is 0 Å². The largest absolute Gasteiger partial charge is 1.00 e. The van der Waals surface area contributed by atoms with Crippen LogP contribution < -0.4 is 9.41 Å². The number of rotatable bonds is 12. The van der Waals surface area contributed by atoms with Crippen LogP contribution in [0.1, 0.15) is 79.1 Å². The van der Waals surface area contributed by atoms with Crippen molar-refractivity contribution in [2.75, 3.05) is 0 Å². The Morgan fingerprint density at radius 1 is 0.361 bits per heavy atom. The van der Waals surface area contributed by atoms with Gasteiger partial charge in [0, 0.05) is 17.2 Å². The fourth-order valence-electron chi connectivity index (χ4n) is 6.17. The third-order valence-corrected chi connectivity index (χ3v) is 12.3. The Hall–Kier alpha value is -1.36. The van der Waals surface area contributed by atoms with Crippen LogP contribution in [-0.4, -0.2) is 20.6 Å². The molecule has 0 amide bonds. The fraction of sp³-hybridized carbons (Fsp3) is 0.500. The minimum atomic E-state index is 0. The predicted octanol–water partition coefficient (Wildman–Crippen LogP) is 3.46. The maximum atomic E-state index is 2.45. The standard InChI is InChI=1S/2C16H23P.2FH/c2*1-3-9-15(11-5-6-12-15)17-16(10-4-2)13-7-8-14-16;;/h2*5-8,11-14,17H,3-4,9-10H2,1-2H3;2*1H. The summed E-state index contributed by atoms with van der Waals surface area (Å²) in [5, 5.41) is 1.57. The molecule has 0 spiro atoms. The van der Waals surface area contributed by atoms with Crippen molar-refractivity contribution < 1.29 is 9.41 Å². The van der Waals surface area contributed by atoms with E-state index >= 15 is 0 Å². The van der Waals surface area contributed by atoms with Gasteiger partial charge in [-0.2, -0.15) is 0 Å². The molecule has 0 unspecified atom stereocenters. The molecule has 4 heteroatoms. The molecule has 0 heterocycles. The summed E-state index contributed by atoms with van der Waals surface area (Å²) < 4.78 is 0. The summed E-state index contributed by atoms with van der Waals surface area (Å²) in [6, 6.07) is 0. The Bertz CT molecular complexity index is 707. The lowest BCUT2D eigenvalue weighted by Gasteiger charge is -2.29. The molecular formula is C32H48F2P2. The van der Waals surface area contributed by atoms with E-state index in [4.69, 9.17) is 0 Å². The lowest BCUT2D eigenvalue weighted by atomic mass is 10.0. The van der Waals surface area contributed by atoms with E-state index in [-0.39, 0.29) is 9.41 Å². The summed E-state index contributed by atoms with van der Waals surface area (Å²) in [7, 11) is 0.728. The van der Waals surface area contributed by atoms with Crippen molar-refractivity contribution in [1.29, 1.82) is 0 Å². The van der Waals surface area contributed by atoms with Crippen molar-refractivity contribution in [3.8, 4) is 0 Å². The predicted molar refractivity (Wildman–Crippen MR) is 163 cm³/mol. The van der Waals surface area contributed by atoms with Crippen LogP contribution in [0.25, 0.3) is 0 Å². The molecule has 0 bridgehead atoms. The zero-order valence-electron chi connectivity index (χ0n) is 22.8. The van der Waals surface area contributed by atoms with Crippen LogP contribution in [0.4, 0.5) is 0 Å². The number of halogens is 2. The highest BCUT2D eigenvalue weighted by molar-refractivity contribution is 7.43. The lowest BCUT2D eigenvalue weighted by molar-refractivity contribution is -0.001000. The van der Waals surface area contributed by atoms with Gasteiger partial charge in [-0.25, -0.2) is 0 Å². The molecule has 0 nitrogen and oxygen atoms in total. The second-order valence-corrected chi connectivity index (χ2v) is 15.5. The van der Waals surface area contributed by atoms with Crippen LogP contribution in [-0.2, 0) is 0 Å². The molecule has 0 N–H and O–H groups in total. The Labute approximate surface area is 223 Å². The second kappa shape index (κ2) is 15.1. The normalized spacial score (nSPS) is 21.4. The van der Waals surface area contributed by atoms with Gasteiger partial charge in [0.25, 0.3) is 0 Å². The molecule has 36 heavy (non-hydrogen) atoms. The van der Waals surface area contributed by atoms with Crippen LogP contribution in [0.5, 0.6) is 0 Å². The van der Waals surface area contributed by atoms with E-state index in [9.17, 15) is 0 Å². The minimum absolute atomic E-state index is 0. The third kappa shape index (κ3) is 8.33. The van der Waals surface area contributed by atoms with Gasteiger partial charge in [-0.15, -0.1) is 0 Å². The molecular weight excluding hydrogens is 484 g/mol. The maximum Gasteiger partial charge on any atom is 0.113 e. The van der Waals surface area contributed by atoms with Crippen molar-refractivity contribution in [3.05, 3.63) is 97.2 Å². The molecule has 0 aromatic rings. The topological polar surface area (TPSA) is 0 Å². The van der Waals surface area contributed by atoms with Gasteiger partial charge in [0.05, 0.1) is 0 Å². The van der Waals surface area contributed by atoms with Gasteiger partial charge < -0.3 is 9.41 Å². The molecule has 4 aliphatic carbocycles.